The van der Waals surface area contributed by atoms with Crippen LogP contribution in [0.5, 0.6) is 0 Å². The maximum absolute atomic E-state index is 10.3. The molecule has 0 aromatic rings. The monoisotopic (exact) mass is 394 g/mol. The van der Waals surface area contributed by atoms with Crippen LogP contribution in [-0.4, -0.2) is 45.2 Å². The van der Waals surface area contributed by atoms with E-state index < -0.39 is 11.9 Å². The van der Waals surface area contributed by atoms with Crippen LogP contribution in [0.1, 0.15) is 104 Å². The fourth-order valence-electron chi connectivity index (χ4n) is 2.35. The minimum atomic E-state index is -0.935. The molecule has 0 aromatic heterocycles. The van der Waals surface area contributed by atoms with Gasteiger partial charge in [0.2, 0.25) is 0 Å². The van der Waals surface area contributed by atoms with E-state index in [9.17, 15) is 9.59 Å². The van der Waals surface area contributed by atoms with Crippen molar-refractivity contribution in [3.63, 3.8) is 0 Å². The average molecular weight is 395 g/mol. The predicted molar refractivity (Wildman–Crippen MR) is 118 cm³/mol. The molecule has 0 heterocycles. The number of hydrogen-bond donors (Lipinski definition) is 2. The Kier molecular flexibility index (Phi) is 28.8. The first kappa shape index (κ1) is 30.9. The standard InChI is InChI=1S/C18H34O2.C4H6O2.Mg.2H/c1-2-3-4-5-6-7-8-9-10-11-12-13-14-15-16-17-18(19)20;1-3(2)4(5)6;;;/h9-10H,2-8,11-17H2,1H3,(H,19,20);1H2,2H3,(H,5,6);;;/b10-9+;;;;. The molecule has 4 nitrogen and oxygen atoms in total. The zero-order valence-corrected chi connectivity index (χ0v) is 17.0. The third-order valence-corrected chi connectivity index (χ3v) is 4.02. The summed E-state index contributed by atoms with van der Waals surface area (Å²) in [5.74, 6) is -1.60. The SMILES string of the molecule is C=C(C)C(=O)O.CCCCCCCC/C=C/CCCCCCCC(=O)O.[MgH2]. The Labute approximate surface area is 182 Å². The number of carbonyl (C=O) groups is 2. The van der Waals surface area contributed by atoms with Crippen molar-refractivity contribution in [2.24, 2.45) is 0 Å². The lowest BCUT2D eigenvalue weighted by atomic mass is 10.1. The number of allylic oxidation sites excluding steroid dienone is 2. The predicted octanol–water partition coefficient (Wildman–Crippen LogP) is 5.84. The Morgan fingerprint density at radius 1 is 0.778 bits per heavy atom. The molecule has 0 aliphatic heterocycles. The van der Waals surface area contributed by atoms with Crippen LogP contribution in [0.2, 0.25) is 0 Å². The average Bonchev–Trinajstić information content (AvgIpc) is 2.58. The zero-order chi connectivity index (χ0) is 20.0. The lowest BCUT2D eigenvalue weighted by molar-refractivity contribution is -0.137. The summed E-state index contributed by atoms with van der Waals surface area (Å²) >= 11 is 0. The number of unbranched alkanes of at least 4 members (excludes halogenated alkanes) is 11. The highest BCUT2D eigenvalue weighted by Gasteiger charge is 1.95. The van der Waals surface area contributed by atoms with E-state index in [-0.39, 0.29) is 28.6 Å². The van der Waals surface area contributed by atoms with Crippen LogP contribution in [0.4, 0.5) is 0 Å². The Hall–Kier alpha value is -0.814. The molecule has 2 N–H and O–H groups in total. The molecular weight excluding hydrogens is 353 g/mol. The van der Waals surface area contributed by atoms with Crippen LogP contribution in [0.25, 0.3) is 0 Å². The van der Waals surface area contributed by atoms with Gasteiger partial charge >= 0.3 is 35.0 Å². The van der Waals surface area contributed by atoms with Crippen LogP contribution < -0.4 is 0 Å². The zero-order valence-electron chi connectivity index (χ0n) is 17.0. The first-order valence-corrected chi connectivity index (χ1v) is 10.2. The largest absolute Gasteiger partial charge is 0.481 e. The molecule has 0 radical (unpaired) electrons. The Morgan fingerprint density at radius 2 is 1.15 bits per heavy atom. The molecule has 0 rings (SSSR count). The van der Waals surface area contributed by atoms with Gasteiger partial charge in [-0.25, -0.2) is 4.79 Å². The summed E-state index contributed by atoms with van der Waals surface area (Å²) in [6.45, 7) is 6.86. The van der Waals surface area contributed by atoms with Gasteiger partial charge in [0.1, 0.15) is 0 Å². The van der Waals surface area contributed by atoms with Gasteiger partial charge in [0.05, 0.1) is 0 Å². The van der Waals surface area contributed by atoms with Crippen molar-refractivity contribution in [2.45, 2.75) is 104 Å². The van der Waals surface area contributed by atoms with E-state index in [1.54, 1.807) is 0 Å². The van der Waals surface area contributed by atoms with Gasteiger partial charge in [-0.1, -0.05) is 77.0 Å². The highest BCUT2D eigenvalue weighted by atomic mass is 24.3. The van der Waals surface area contributed by atoms with Gasteiger partial charge in [-0.3, -0.25) is 4.79 Å². The second-order valence-corrected chi connectivity index (χ2v) is 6.81. The van der Waals surface area contributed by atoms with E-state index in [1.807, 2.05) is 0 Å². The highest BCUT2D eigenvalue weighted by molar-refractivity contribution is 5.84. The quantitative estimate of drug-likeness (QED) is 0.149. The fraction of sp³-hybridized carbons (Fsp3) is 0.727. The minimum Gasteiger partial charge on any atom is -0.481 e. The van der Waals surface area contributed by atoms with Crippen LogP contribution in [-0.2, 0) is 9.59 Å². The molecule has 0 saturated carbocycles. The summed E-state index contributed by atoms with van der Waals surface area (Å²) in [4.78, 5) is 19.9. The van der Waals surface area contributed by atoms with Crippen molar-refractivity contribution in [1.82, 2.24) is 0 Å². The molecule has 0 aliphatic carbocycles. The second kappa shape index (κ2) is 25.2. The summed E-state index contributed by atoms with van der Waals surface area (Å²) in [6, 6.07) is 0. The molecular formula is C22H42MgO4. The second-order valence-electron chi connectivity index (χ2n) is 6.81. The Morgan fingerprint density at radius 3 is 1.52 bits per heavy atom. The molecule has 156 valence electrons. The third-order valence-electron chi connectivity index (χ3n) is 4.02. The van der Waals surface area contributed by atoms with E-state index in [4.69, 9.17) is 10.2 Å². The molecule has 0 saturated heterocycles. The number of carboxylic acid groups (broad SMARTS) is 2. The summed E-state index contributed by atoms with van der Waals surface area (Å²) in [6.07, 6.45) is 21.2. The Bertz CT molecular complexity index is 380. The summed E-state index contributed by atoms with van der Waals surface area (Å²) in [5, 5.41) is 16.4. The first-order chi connectivity index (χ1) is 12.4. The topological polar surface area (TPSA) is 74.6 Å². The van der Waals surface area contributed by atoms with E-state index in [1.165, 1.54) is 77.6 Å². The van der Waals surface area contributed by atoms with E-state index in [0.717, 1.165) is 12.8 Å². The van der Waals surface area contributed by atoms with Crippen LogP contribution in [0.3, 0.4) is 0 Å². The van der Waals surface area contributed by atoms with E-state index in [0.29, 0.717) is 6.42 Å². The van der Waals surface area contributed by atoms with Gasteiger partial charge < -0.3 is 10.2 Å². The first-order valence-electron chi connectivity index (χ1n) is 10.2. The molecule has 0 aliphatic rings. The van der Waals surface area contributed by atoms with Gasteiger partial charge in [0.15, 0.2) is 0 Å². The van der Waals surface area contributed by atoms with E-state index >= 15 is 0 Å². The van der Waals surface area contributed by atoms with Crippen molar-refractivity contribution in [2.75, 3.05) is 0 Å². The fourth-order valence-corrected chi connectivity index (χ4v) is 2.35. The maximum atomic E-state index is 10.3. The van der Waals surface area contributed by atoms with Crippen molar-refractivity contribution in [3.05, 3.63) is 24.3 Å². The molecule has 0 atom stereocenters. The normalized spacial score (nSPS) is 10.0. The third kappa shape index (κ3) is 33.2. The Balaban J connectivity index is -0.000000709. The molecule has 0 spiro atoms. The number of hydrogen-bond acceptors (Lipinski definition) is 2. The maximum Gasteiger partial charge on any atom is 0.330 e. The van der Waals surface area contributed by atoms with Crippen molar-refractivity contribution in [1.29, 1.82) is 0 Å². The van der Waals surface area contributed by atoms with Crippen molar-refractivity contribution in [3.8, 4) is 0 Å². The van der Waals surface area contributed by atoms with E-state index in [2.05, 4.69) is 25.7 Å². The highest BCUT2D eigenvalue weighted by Crippen LogP contribution is 2.09. The van der Waals surface area contributed by atoms with Gasteiger partial charge in [0.25, 0.3) is 0 Å². The van der Waals surface area contributed by atoms with Crippen molar-refractivity contribution >= 4 is 35.0 Å². The lowest BCUT2D eigenvalue weighted by Gasteiger charge is -1.99. The van der Waals surface area contributed by atoms with Crippen LogP contribution in [0.15, 0.2) is 24.3 Å². The number of carboxylic acids is 2. The number of rotatable bonds is 16. The minimum absolute atomic E-state index is 0. The molecule has 0 aromatic carbocycles. The molecule has 27 heavy (non-hydrogen) atoms. The van der Waals surface area contributed by atoms with Gasteiger partial charge in [-0.15, -0.1) is 0 Å². The molecule has 0 unspecified atom stereocenters. The lowest BCUT2D eigenvalue weighted by Crippen LogP contribution is -1.93. The van der Waals surface area contributed by atoms with Gasteiger partial charge in [0, 0.05) is 12.0 Å². The molecule has 0 amide bonds. The number of aliphatic carboxylic acids is 2. The summed E-state index contributed by atoms with van der Waals surface area (Å²) < 4.78 is 0. The smallest absolute Gasteiger partial charge is 0.330 e. The van der Waals surface area contributed by atoms with Gasteiger partial charge in [-0.05, 0) is 39.0 Å². The van der Waals surface area contributed by atoms with Crippen LogP contribution in [0, 0.1) is 0 Å². The van der Waals surface area contributed by atoms with Crippen molar-refractivity contribution < 1.29 is 19.8 Å². The molecule has 0 bridgehead atoms. The molecule has 5 heteroatoms. The summed E-state index contributed by atoms with van der Waals surface area (Å²) in [7, 11) is 0. The van der Waals surface area contributed by atoms with Gasteiger partial charge in [-0.2, -0.15) is 0 Å². The summed E-state index contributed by atoms with van der Waals surface area (Å²) in [5.41, 5.74) is 0.176. The van der Waals surface area contributed by atoms with Crippen LogP contribution >= 0.6 is 0 Å². The molecule has 0 fully saturated rings.